The number of nitrogens with zero attached hydrogens (tertiary/aromatic N) is 2. The van der Waals surface area contributed by atoms with Crippen LogP contribution in [0.4, 0.5) is 0 Å². The number of rotatable bonds is 3. The minimum absolute atomic E-state index is 0. The molecule has 0 aliphatic carbocycles. The molecule has 4 nitrogen and oxygen atoms in total. The summed E-state index contributed by atoms with van der Waals surface area (Å²) in [5.41, 5.74) is 1.22. The van der Waals surface area contributed by atoms with E-state index < -0.39 is 0 Å². The number of phenols is 1. The Balaban J connectivity index is 0.00000161. The predicted octanol–water partition coefficient (Wildman–Crippen LogP) is 2.94. The van der Waals surface area contributed by atoms with Crippen molar-refractivity contribution in [2.45, 2.75) is 13.5 Å². The number of halogens is 1. The zero-order valence-electron chi connectivity index (χ0n) is 12.0. The standard InChI is InChI=1S/C16H19N3O.HI/c1-2-19-8-7-17-16(19)18-11-12-3-4-14-10-15(20)6-5-13(14)9-12;/h3-6,9-10,20H,2,7-8,11H2,1H3,(H,17,18);1H. The number of hydrogen-bond acceptors (Lipinski definition) is 4. The Bertz CT molecular complexity index is 657. The Labute approximate surface area is 141 Å². The number of aromatic hydroxyl groups is 1. The zero-order valence-corrected chi connectivity index (χ0v) is 14.4. The number of fused-ring (bicyclic) bond motifs is 1. The minimum atomic E-state index is 0. The summed E-state index contributed by atoms with van der Waals surface area (Å²) in [6, 6.07) is 11.7. The highest BCUT2D eigenvalue weighted by atomic mass is 127. The SMILES string of the molecule is CCN1CCN=C1NCc1ccc2cc(O)ccc2c1.I. The molecule has 1 heterocycles. The zero-order chi connectivity index (χ0) is 13.9. The summed E-state index contributed by atoms with van der Waals surface area (Å²) in [5.74, 6) is 1.31. The molecule has 0 atom stereocenters. The van der Waals surface area contributed by atoms with E-state index in [2.05, 4.69) is 34.3 Å². The average Bonchev–Trinajstić information content (AvgIpc) is 2.92. The normalized spacial score (nSPS) is 14.0. The predicted molar refractivity (Wildman–Crippen MR) is 97.4 cm³/mol. The van der Waals surface area contributed by atoms with E-state index in [4.69, 9.17) is 0 Å². The van der Waals surface area contributed by atoms with Gasteiger partial charge in [0.15, 0.2) is 5.96 Å². The number of guanidine groups is 1. The monoisotopic (exact) mass is 397 g/mol. The van der Waals surface area contributed by atoms with E-state index in [9.17, 15) is 5.11 Å². The van der Waals surface area contributed by atoms with Gasteiger partial charge in [0.05, 0.1) is 6.54 Å². The largest absolute Gasteiger partial charge is 0.508 e. The van der Waals surface area contributed by atoms with Crippen LogP contribution >= 0.6 is 24.0 Å². The highest BCUT2D eigenvalue weighted by molar-refractivity contribution is 14.0. The number of aliphatic imine (C=N–C) groups is 1. The Morgan fingerprint density at radius 3 is 2.76 bits per heavy atom. The molecule has 0 bridgehead atoms. The van der Waals surface area contributed by atoms with Crippen LogP contribution in [0.15, 0.2) is 41.4 Å². The van der Waals surface area contributed by atoms with Crippen LogP contribution in [0.1, 0.15) is 12.5 Å². The minimum Gasteiger partial charge on any atom is -0.508 e. The lowest BCUT2D eigenvalue weighted by molar-refractivity contribution is 0.466. The fourth-order valence-corrected chi connectivity index (χ4v) is 2.53. The summed E-state index contributed by atoms with van der Waals surface area (Å²) in [6.07, 6.45) is 0. The van der Waals surface area contributed by atoms with Gasteiger partial charge in [0, 0.05) is 19.6 Å². The lowest BCUT2D eigenvalue weighted by atomic mass is 10.1. The molecule has 2 aromatic rings. The molecule has 0 saturated heterocycles. The fraction of sp³-hybridized carbons (Fsp3) is 0.312. The molecule has 0 spiro atoms. The van der Waals surface area contributed by atoms with Gasteiger partial charge in [0.1, 0.15) is 5.75 Å². The highest BCUT2D eigenvalue weighted by Crippen LogP contribution is 2.21. The van der Waals surface area contributed by atoms with Crippen molar-refractivity contribution in [1.29, 1.82) is 0 Å². The molecule has 1 aliphatic rings. The van der Waals surface area contributed by atoms with Gasteiger partial charge in [0.25, 0.3) is 0 Å². The van der Waals surface area contributed by atoms with Crippen LogP contribution in [0, 0.1) is 0 Å². The maximum Gasteiger partial charge on any atom is 0.194 e. The number of nitrogens with one attached hydrogen (secondary N) is 1. The molecule has 0 amide bonds. The second-order valence-electron chi connectivity index (χ2n) is 5.00. The van der Waals surface area contributed by atoms with E-state index in [0.29, 0.717) is 5.75 Å². The first-order valence-corrected chi connectivity index (χ1v) is 7.01. The summed E-state index contributed by atoms with van der Waals surface area (Å²) in [7, 11) is 0. The molecular weight excluding hydrogens is 377 g/mol. The van der Waals surface area contributed by atoms with Crippen molar-refractivity contribution in [2.24, 2.45) is 4.99 Å². The summed E-state index contributed by atoms with van der Waals surface area (Å²) >= 11 is 0. The van der Waals surface area contributed by atoms with E-state index >= 15 is 0 Å². The van der Waals surface area contributed by atoms with Crippen LogP contribution in [-0.2, 0) is 6.54 Å². The van der Waals surface area contributed by atoms with Gasteiger partial charge in [-0.2, -0.15) is 0 Å². The average molecular weight is 397 g/mol. The van der Waals surface area contributed by atoms with Crippen molar-refractivity contribution >= 4 is 40.7 Å². The van der Waals surface area contributed by atoms with Crippen LogP contribution < -0.4 is 5.32 Å². The summed E-state index contributed by atoms with van der Waals surface area (Å²) in [4.78, 5) is 6.72. The van der Waals surface area contributed by atoms with Crippen molar-refractivity contribution in [1.82, 2.24) is 10.2 Å². The van der Waals surface area contributed by atoms with Crippen molar-refractivity contribution in [3.8, 4) is 5.75 Å². The van der Waals surface area contributed by atoms with Gasteiger partial charge in [-0.05, 0) is 41.5 Å². The lowest BCUT2D eigenvalue weighted by Crippen LogP contribution is -2.37. The molecule has 3 rings (SSSR count). The molecular formula is C16H20IN3O. The second kappa shape index (κ2) is 6.98. The van der Waals surface area contributed by atoms with Crippen molar-refractivity contribution in [3.63, 3.8) is 0 Å². The molecule has 0 aromatic heterocycles. The molecule has 1 aliphatic heterocycles. The van der Waals surface area contributed by atoms with Crippen LogP contribution in [0.3, 0.4) is 0 Å². The Kier molecular flexibility index (Phi) is 5.27. The van der Waals surface area contributed by atoms with Gasteiger partial charge in [-0.15, -0.1) is 24.0 Å². The first kappa shape index (κ1) is 15.9. The molecule has 0 fully saturated rings. The quantitative estimate of drug-likeness (QED) is 0.784. The first-order chi connectivity index (χ1) is 9.76. The van der Waals surface area contributed by atoms with Gasteiger partial charge in [0.2, 0.25) is 0 Å². The molecule has 2 N–H and O–H groups in total. The van der Waals surface area contributed by atoms with Gasteiger partial charge < -0.3 is 15.3 Å². The van der Waals surface area contributed by atoms with E-state index in [1.807, 2.05) is 12.1 Å². The van der Waals surface area contributed by atoms with Gasteiger partial charge >= 0.3 is 0 Å². The van der Waals surface area contributed by atoms with Crippen LogP contribution in [0.25, 0.3) is 10.8 Å². The number of likely N-dealkylation sites (N-methyl/N-ethyl adjacent to an activating group) is 1. The van der Waals surface area contributed by atoms with Crippen molar-refractivity contribution in [3.05, 3.63) is 42.0 Å². The number of benzene rings is 2. The van der Waals surface area contributed by atoms with E-state index in [1.54, 1.807) is 12.1 Å². The van der Waals surface area contributed by atoms with E-state index in [1.165, 1.54) is 5.56 Å². The molecule has 0 radical (unpaired) electrons. The van der Waals surface area contributed by atoms with Crippen LogP contribution in [0.2, 0.25) is 0 Å². The lowest BCUT2D eigenvalue weighted by Gasteiger charge is -2.19. The smallest absolute Gasteiger partial charge is 0.194 e. The molecule has 21 heavy (non-hydrogen) atoms. The molecule has 0 unspecified atom stereocenters. The van der Waals surface area contributed by atoms with E-state index in [0.717, 1.165) is 42.9 Å². The van der Waals surface area contributed by atoms with Gasteiger partial charge in [-0.3, -0.25) is 4.99 Å². The second-order valence-corrected chi connectivity index (χ2v) is 5.00. The van der Waals surface area contributed by atoms with Crippen molar-refractivity contribution in [2.75, 3.05) is 19.6 Å². The Morgan fingerprint density at radius 2 is 1.95 bits per heavy atom. The maximum atomic E-state index is 9.47. The highest BCUT2D eigenvalue weighted by Gasteiger charge is 2.13. The first-order valence-electron chi connectivity index (χ1n) is 7.01. The third-order valence-electron chi connectivity index (χ3n) is 3.65. The third kappa shape index (κ3) is 3.58. The Morgan fingerprint density at radius 1 is 1.19 bits per heavy atom. The number of hydrogen-bond donors (Lipinski definition) is 2. The van der Waals surface area contributed by atoms with Gasteiger partial charge in [-0.25, -0.2) is 0 Å². The van der Waals surface area contributed by atoms with E-state index in [-0.39, 0.29) is 24.0 Å². The topological polar surface area (TPSA) is 47.9 Å². The van der Waals surface area contributed by atoms with Gasteiger partial charge in [-0.1, -0.05) is 18.2 Å². The third-order valence-corrected chi connectivity index (χ3v) is 3.65. The fourth-order valence-electron chi connectivity index (χ4n) is 2.53. The summed E-state index contributed by atoms with van der Waals surface area (Å²) in [5, 5.41) is 15.1. The molecule has 0 saturated carbocycles. The number of phenolic OH excluding ortho intramolecular Hbond substituents is 1. The van der Waals surface area contributed by atoms with Crippen LogP contribution in [-0.4, -0.2) is 35.6 Å². The summed E-state index contributed by atoms with van der Waals surface area (Å²) < 4.78 is 0. The molecule has 112 valence electrons. The molecule has 2 aromatic carbocycles. The maximum absolute atomic E-state index is 9.47. The van der Waals surface area contributed by atoms with Crippen molar-refractivity contribution < 1.29 is 5.11 Å². The molecule has 5 heteroatoms. The summed E-state index contributed by atoms with van der Waals surface area (Å²) in [6.45, 7) is 5.79. The Hall–Kier alpha value is -1.50. The van der Waals surface area contributed by atoms with Crippen LogP contribution in [0.5, 0.6) is 5.75 Å².